The van der Waals surface area contributed by atoms with Crippen LogP contribution in [-0.4, -0.2) is 73.7 Å². The van der Waals surface area contributed by atoms with Gasteiger partial charge in [0.2, 0.25) is 10.0 Å². The predicted octanol–water partition coefficient (Wildman–Crippen LogP) is 5.06. The van der Waals surface area contributed by atoms with Crippen molar-refractivity contribution in [2.75, 3.05) is 18.0 Å². The molecule has 3 aromatic rings. The minimum atomic E-state index is -4.14. The zero-order valence-electron chi connectivity index (χ0n) is 23.9. The molecule has 224 valence electrons. The fourth-order valence-corrected chi connectivity index (χ4v) is 8.22. The first-order chi connectivity index (χ1) is 19.8. The number of hydrogen-bond donors (Lipinski definition) is 0. The van der Waals surface area contributed by atoms with Gasteiger partial charge in [0.15, 0.2) is 5.65 Å². The molecule has 13 heteroatoms. The van der Waals surface area contributed by atoms with E-state index >= 15 is 0 Å². The van der Waals surface area contributed by atoms with Gasteiger partial charge in [-0.15, -0.1) is 0 Å². The third-order valence-corrected chi connectivity index (χ3v) is 10.7. The molecule has 0 radical (unpaired) electrons. The lowest BCUT2D eigenvalue weighted by molar-refractivity contribution is 0.0123. The summed E-state index contributed by atoms with van der Waals surface area (Å²) in [5.74, 6) is -0.753. The minimum absolute atomic E-state index is 0.0133. The fourth-order valence-electron chi connectivity index (χ4n) is 6.42. The van der Waals surface area contributed by atoms with Gasteiger partial charge in [-0.3, -0.25) is 4.90 Å². The monoisotopic (exact) mass is 600 g/mol. The molecule has 42 heavy (non-hydrogen) atoms. The van der Waals surface area contributed by atoms with Crippen molar-refractivity contribution in [3.63, 3.8) is 0 Å². The maximum absolute atomic E-state index is 14.3. The van der Waals surface area contributed by atoms with Gasteiger partial charge in [0, 0.05) is 48.7 Å². The van der Waals surface area contributed by atoms with E-state index in [-0.39, 0.29) is 23.8 Å². The molecule has 5 heterocycles. The summed E-state index contributed by atoms with van der Waals surface area (Å²) < 4.78 is 61.0. The first-order valence-corrected chi connectivity index (χ1v) is 15.4. The van der Waals surface area contributed by atoms with E-state index in [0.29, 0.717) is 28.7 Å². The number of carbonyl (C=O) groups is 1. The average Bonchev–Trinajstić information content (AvgIpc) is 3.64. The van der Waals surface area contributed by atoms with Crippen molar-refractivity contribution >= 4 is 32.8 Å². The number of alkyl halides is 2. The second kappa shape index (κ2) is 9.92. The molecule has 4 unspecified atom stereocenters. The van der Waals surface area contributed by atoms with Gasteiger partial charge in [-0.2, -0.15) is 13.9 Å². The van der Waals surface area contributed by atoms with Crippen LogP contribution in [0.5, 0.6) is 0 Å². The number of amides is 1. The van der Waals surface area contributed by atoms with Crippen LogP contribution in [0.25, 0.3) is 11.0 Å². The number of fused-ring (bicyclic) bond motifs is 3. The van der Waals surface area contributed by atoms with Crippen LogP contribution in [0.4, 0.5) is 19.3 Å². The predicted molar refractivity (Wildman–Crippen MR) is 154 cm³/mol. The van der Waals surface area contributed by atoms with E-state index in [1.54, 1.807) is 43.5 Å². The van der Waals surface area contributed by atoms with Gasteiger partial charge in [0.1, 0.15) is 10.3 Å². The Balaban J connectivity index is 1.32. The van der Waals surface area contributed by atoms with E-state index in [1.807, 2.05) is 31.7 Å². The second-order valence-corrected chi connectivity index (χ2v) is 14.5. The molecule has 3 aliphatic rings. The number of rotatable bonds is 5. The number of carbonyl (C=O) groups excluding carboxylic acids is 1. The number of aromatic nitrogens is 4. The van der Waals surface area contributed by atoms with E-state index in [9.17, 15) is 22.0 Å². The smallest absolute Gasteiger partial charge is 0.410 e. The number of piperazine rings is 1. The summed E-state index contributed by atoms with van der Waals surface area (Å²) >= 11 is 0. The molecule has 6 rings (SSSR count). The highest BCUT2D eigenvalue weighted by Crippen LogP contribution is 2.42. The van der Waals surface area contributed by atoms with Crippen LogP contribution in [0.15, 0.2) is 61.2 Å². The molecule has 0 N–H and O–H groups in total. The van der Waals surface area contributed by atoms with Crippen LogP contribution in [-0.2, 0) is 14.8 Å². The normalized spacial score (nSPS) is 26.0. The molecule has 1 amide bonds. The lowest BCUT2D eigenvalue weighted by atomic mass is 9.85. The van der Waals surface area contributed by atoms with Gasteiger partial charge < -0.3 is 9.64 Å². The molecular weight excluding hydrogens is 566 g/mol. The van der Waals surface area contributed by atoms with Crippen LogP contribution >= 0.6 is 0 Å². The molecule has 3 aromatic heterocycles. The van der Waals surface area contributed by atoms with Crippen LogP contribution in [0, 0.1) is 0 Å². The fraction of sp³-hybridized carbons (Fsp3) is 0.483. The maximum Gasteiger partial charge on any atom is 0.410 e. The van der Waals surface area contributed by atoms with Crippen molar-refractivity contribution in [2.24, 2.45) is 0 Å². The quantitative estimate of drug-likeness (QED) is 0.403. The lowest BCUT2D eigenvalue weighted by Crippen LogP contribution is -2.56. The summed E-state index contributed by atoms with van der Waals surface area (Å²) in [6.45, 7) is 5.50. The molecule has 0 spiro atoms. The summed E-state index contributed by atoms with van der Waals surface area (Å²) in [6.07, 6.45) is 13.6. The van der Waals surface area contributed by atoms with E-state index in [0.717, 1.165) is 18.5 Å². The van der Waals surface area contributed by atoms with Gasteiger partial charge in [-0.25, -0.2) is 26.9 Å². The number of ether oxygens (including phenoxy) is 1. The van der Waals surface area contributed by atoms with Gasteiger partial charge in [-0.05, 0) is 58.2 Å². The number of pyridine rings is 1. The average molecular weight is 601 g/mol. The van der Waals surface area contributed by atoms with Gasteiger partial charge >= 0.3 is 12.6 Å². The van der Waals surface area contributed by atoms with Crippen LogP contribution in [0.3, 0.4) is 0 Å². The van der Waals surface area contributed by atoms with Crippen molar-refractivity contribution in [1.82, 2.24) is 23.6 Å². The van der Waals surface area contributed by atoms with Gasteiger partial charge in [0.05, 0.1) is 18.3 Å². The first kappa shape index (κ1) is 28.4. The van der Waals surface area contributed by atoms with Crippen LogP contribution in [0.1, 0.15) is 58.6 Å². The van der Waals surface area contributed by atoms with Crippen molar-refractivity contribution in [2.45, 2.75) is 75.4 Å². The highest BCUT2D eigenvalue weighted by Gasteiger charge is 2.48. The number of allylic oxidation sites excluding steroid dienone is 3. The van der Waals surface area contributed by atoms with Crippen LogP contribution in [0.2, 0.25) is 0 Å². The zero-order valence-corrected chi connectivity index (χ0v) is 24.7. The number of anilines is 1. The van der Waals surface area contributed by atoms with E-state index in [2.05, 4.69) is 15.0 Å². The molecule has 0 saturated carbocycles. The Morgan fingerprint density at radius 2 is 1.86 bits per heavy atom. The first-order valence-electron chi connectivity index (χ1n) is 14.0. The topological polar surface area (TPSA) is 103 Å². The minimum Gasteiger partial charge on any atom is -0.444 e. The van der Waals surface area contributed by atoms with Crippen molar-refractivity contribution in [3.8, 4) is 0 Å². The molecule has 1 aliphatic carbocycles. The van der Waals surface area contributed by atoms with Crippen LogP contribution < -0.4 is 4.90 Å². The Kier molecular flexibility index (Phi) is 6.71. The van der Waals surface area contributed by atoms with Gasteiger partial charge in [-0.1, -0.05) is 24.3 Å². The standard InChI is InChI=1S/C29H34F2N6O4S/c1-28(2,3)41-27(38)37-20-8-9-21(37)18-34(17-20)24-10-13-32-25-22(24)11-14-36(25)42(39,40)29(4)12-6-5-7-23(29)19-15-33-35(16-19)26(30)31/h5-7,10-16,20-21,23,26H,8-9,17-18H2,1-4H3. The van der Waals surface area contributed by atoms with Crippen molar-refractivity contribution in [1.29, 1.82) is 0 Å². The molecule has 2 aliphatic heterocycles. The zero-order chi connectivity index (χ0) is 30.0. The highest BCUT2D eigenvalue weighted by molar-refractivity contribution is 7.91. The third-order valence-electron chi connectivity index (χ3n) is 8.41. The number of halogens is 2. The molecule has 10 nitrogen and oxygen atoms in total. The molecule has 0 aromatic carbocycles. The highest BCUT2D eigenvalue weighted by atomic mass is 32.2. The Hall–Kier alpha value is -3.74. The third kappa shape index (κ3) is 4.58. The van der Waals surface area contributed by atoms with Crippen molar-refractivity contribution < 1.29 is 26.7 Å². The molecule has 2 saturated heterocycles. The maximum atomic E-state index is 14.3. The Morgan fingerprint density at radius 3 is 2.50 bits per heavy atom. The number of nitrogens with zero attached hydrogens (tertiary/aromatic N) is 6. The van der Waals surface area contributed by atoms with E-state index in [1.165, 1.54) is 22.6 Å². The SMILES string of the molecule is CC(C)(C)OC(=O)N1C2CCC1CN(c1ccnc3c1ccn3S(=O)(=O)C1(C)C=CC=CC1c1cnn(C(F)F)c1)C2. The Bertz CT molecular complexity index is 1680. The Morgan fingerprint density at radius 1 is 1.14 bits per heavy atom. The largest absolute Gasteiger partial charge is 0.444 e. The molecule has 2 bridgehead atoms. The number of hydrogen-bond acceptors (Lipinski definition) is 7. The summed E-state index contributed by atoms with van der Waals surface area (Å²) in [5.41, 5.74) is 0.904. The van der Waals surface area contributed by atoms with Gasteiger partial charge in [0.25, 0.3) is 0 Å². The summed E-state index contributed by atoms with van der Waals surface area (Å²) in [7, 11) is -4.14. The molecule has 4 atom stereocenters. The molecular formula is C29H34F2N6O4S. The summed E-state index contributed by atoms with van der Waals surface area (Å²) in [4.78, 5) is 21.5. The molecule has 2 fully saturated rings. The summed E-state index contributed by atoms with van der Waals surface area (Å²) in [6, 6.07) is 3.59. The second-order valence-electron chi connectivity index (χ2n) is 12.3. The van der Waals surface area contributed by atoms with E-state index < -0.39 is 32.8 Å². The van der Waals surface area contributed by atoms with Crippen molar-refractivity contribution in [3.05, 3.63) is 66.8 Å². The summed E-state index contributed by atoms with van der Waals surface area (Å²) in [5, 5.41) is 4.40. The van der Waals surface area contributed by atoms with E-state index in [4.69, 9.17) is 4.74 Å². The lowest BCUT2D eigenvalue weighted by Gasteiger charge is -2.42. The Labute approximate surface area is 243 Å².